The second-order valence-corrected chi connectivity index (χ2v) is 3.54. The lowest BCUT2D eigenvalue weighted by atomic mass is 10.0. The van der Waals surface area contributed by atoms with Gasteiger partial charge in [-0.1, -0.05) is 19.9 Å². The highest BCUT2D eigenvalue weighted by atomic mass is 16.1. The van der Waals surface area contributed by atoms with Crippen molar-refractivity contribution in [1.82, 2.24) is 10.2 Å². The predicted molar refractivity (Wildman–Crippen MR) is 53.0 cm³/mol. The van der Waals surface area contributed by atoms with Crippen LogP contribution in [0.4, 0.5) is 0 Å². The van der Waals surface area contributed by atoms with Crippen LogP contribution >= 0.6 is 0 Å². The minimum absolute atomic E-state index is 0.0506. The Bertz CT molecular complexity index is 479. The van der Waals surface area contributed by atoms with Gasteiger partial charge in [0.15, 0.2) is 0 Å². The van der Waals surface area contributed by atoms with Gasteiger partial charge in [0, 0.05) is 0 Å². The Balaban J connectivity index is 2.70. The molecule has 0 aliphatic rings. The van der Waals surface area contributed by atoms with Crippen molar-refractivity contribution < 1.29 is 0 Å². The highest BCUT2D eigenvalue weighted by Crippen LogP contribution is 2.17. The Morgan fingerprint density at radius 1 is 1.23 bits per heavy atom. The average Bonchev–Trinajstić information content (AvgIpc) is 2.47. The largest absolute Gasteiger partial charge is 0.298 e. The van der Waals surface area contributed by atoms with E-state index in [1.807, 2.05) is 18.2 Å². The fourth-order valence-electron chi connectivity index (χ4n) is 1.41. The number of rotatable bonds is 1. The molecule has 0 unspecified atom stereocenters. The quantitative estimate of drug-likeness (QED) is 0.685. The summed E-state index contributed by atoms with van der Waals surface area (Å²) in [4.78, 5) is 11.2. The standard InChI is InChI=1S/C10H12N2O/c1-6(2)7-3-4-8-9(5-7)11-12-10(8)13/h3-6H,1-2H3,(H2,11,12,13). The van der Waals surface area contributed by atoms with Crippen LogP contribution in [0.25, 0.3) is 10.9 Å². The van der Waals surface area contributed by atoms with Gasteiger partial charge in [0.25, 0.3) is 5.56 Å². The summed E-state index contributed by atoms with van der Waals surface area (Å²) in [6, 6.07) is 5.87. The Morgan fingerprint density at radius 3 is 2.69 bits per heavy atom. The molecule has 2 N–H and O–H groups in total. The van der Waals surface area contributed by atoms with Gasteiger partial charge < -0.3 is 0 Å². The fourth-order valence-corrected chi connectivity index (χ4v) is 1.41. The monoisotopic (exact) mass is 176 g/mol. The first kappa shape index (κ1) is 8.10. The summed E-state index contributed by atoms with van der Waals surface area (Å²) in [6.07, 6.45) is 0. The number of aromatic amines is 2. The van der Waals surface area contributed by atoms with Crippen molar-refractivity contribution in [3.05, 3.63) is 34.1 Å². The maximum atomic E-state index is 11.2. The fraction of sp³-hybridized carbons (Fsp3) is 0.300. The summed E-state index contributed by atoms with van der Waals surface area (Å²) in [6.45, 7) is 4.26. The lowest BCUT2D eigenvalue weighted by Crippen LogP contribution is -1.97. The van der Waals surface area contributed by atoms with Crippen molar-refractivity contribution >= 4 is 10.9 Å². The van der Waals surface area contributed by atoms with E-state index in [0.29, 0.717) is 5.92 Å². The average molecular weight is 176 g/mol. The van der Waals surface area contributed by atoms with Crippen molar-refractivity contribution in [2.45, 2.75) is 19.8 Å². The molecule has 2 aromatic rings. The maximum absolute atomic E-state index is 11.2. The van der Waals surface area contributed by atoms with E-state index in [0.717, 1.165) is 10.9 Å². The molecule has 0 atom stereocenters. The molecule has 0 bridgehead atoms. The van der Waals surface area contributed by atoms with Crippen LogP contribution in [0.2, 0.25) is 0 Å². The van der Waals surface area contributed by atoms with E-state index in [4.69, 9.17) is 0 Å². The van der Waals surface area contributed by atoms with E-state index < -0.39 is 0 Å². The number of nitrogens with one attached hydrogen (secondary N) is 2. The van der Waals surface area contributed by atoms with Crippen LogP contribution in [0.3, 0.4) is 0 Å². The van der Waals surface area contributed by atoms with E-state index in [1.54, 1.807) is 0 Å². The molecule has 0 spiro atoms. The molecular formula is C10H12N2O. The molecular weight excluding hydrogens is 164 g/mol. The van der Waals surface area contributed by atoms with Crippen LogP contribution in [-0.2, 0) is 0 Å². The van der Waals surface area contributed by atoms with Gasteiger partial charge in [0.1, 0.15) is 0 Å². The second kappa shape index (κ2) is 2.76. The van der Waals surface area contributed by atoms with Crippen LogP contribution in [0, 0.1) is 0 Å². The van der Waals surface area contributed by atoms with Gasteiger partial charge in [-0.2, -0.15) is 0 Å². The van der Waals surface area contributed by atoms with Gasteiger partial charge >= 0.3 is 0 Å². The third-order valence-electron chi connectivity index (χ3n) is 2.27. The van der Waals surface area contributed by atoms with Crippen LogP contribution in [0.5, 0.6) is 0 Å². The molecule has 0 amide bonds. The molecule has 0 aliphatic heterocycles. The minimum Gasteiger partial charge on any atom is -0.298 e. The van der Waals surface area contributed by atoms with Crippen LogP contribution in [0.15, 0.2) is 23.0 Å². The van der Waals surface area contributed by atoms with Crippen LogP contribution in [0.1, 0.15) is 25.3 Å². The first-order valence-electron chi connectivity index (χ1n) is 4.39. The Kier molecular flexibility index (Phi) is 1.72. The van der Waals surface area contributed by atoms with Gasteiger partial charge in [-0.25, -0.2) is 0 Å². The zero-order valence-corrected chi connectivity index (χ0v) is 7.72. The maximum Gasteiger partial charge on any atom is 0.271 e. The number of aromatic nitrogens is 2. The highest BCUT2D eigenvalue weighted by molar-refractivity contribution is 5.78. The number of fused-ring (bicyclic) bond motifs is 1. The Morgan fingerprint density at radius 2 is 2.00 bits per heavy atom. The summed E-state index contributed by atoms with van der Waals surface area (Å²) in [7, 11) is 0. The number of hydrogen-bond acceptors (Lipinski definition) is 1. The molecule has 0 saturated heterocycles. The normalized spacial score (nSPS) is 11.3. The molecule has 0 fully saturated rings. The molecule has 0 aliphatic carbocycles. The SMILES string of the molecule is CC(C)c1ccc2c(=O)[nH][nH]c2c1. The molecule has 0 radical (unpaired) electrons. The first-order valence-corrected chi connectivity index (χ1v) is 4.39. The zero-order chi connectivity index (χ0) is 9.42. The van der Waals surface area contributed by atoms with Gasteiger partial charge in [-0.15, -0.1) is 0 Å². The van der Waals surface area contributed by atoms with Gasteiger partial charge in [-0.3, -0.25) is 15.0 Å². The molecule has 68 valence electrons. The van der Waals surface area contributed by atoms with Crippen molar-refractivity contribution in [2.24, 2.45) is 0 Å². The molecule has 1 aromatic heterocycles. The number of benzene rings is 1. The lowest BCUT2D eigenvalue weighted by Gasteiger charge is -2.03. The van der Waals surface area contributed by atoms with E-state index in [1.165, 1.54) is 5.56 Å². The Hall–Kier alpha value is -1.51. The molecule has 3 heteroatoms. The van der Waals surface area contributed by atoms with Crippen molar-refractivity contribution in [2.75, 3.05) is 0 Å². The molecule has 13 heavy (non-hydrogen) atoms. The van der Waals surface area contributed by atoms with Gasteiger partial charge in [0.2, 0.25) is 0 Å². The Labute approximate surface area is 75.8 Å². The highest BCUT2D eigenvalue weighted by Gasteiger charge is 2.03. The minimum atomic E-state index is -0.0506. The van der Waals surface area contributed by atoms with Crippen molar-refractivity contribution in [3.8, 4) is 0 Å². The van der Waals surface area contributed by atoms with E-state index in [-0.39, 0.29) is 5.56 Å². The topological polar surface area (TPSA) is 48.6 Å². The zero-order valence-electron chi connectivity index (χ0n) is 7.72. The van der Waals surface area contributed by atoms with Gasteiger partial charge in [0.05, 0.1) is 10.9 Å². The molecule has 1 aromatic carbocycles. The predicted octanol–water partition coefficient (Wildman–Crippen LogP) is 1.98. The molecule has 0 saturated carbocycles. The third kappa shape index (κ3) is 1.26. The van der Waals surface area contributed by atoms with Crippen molar-refractivity contribution in [1.29, 1.82) is 0 Å². The molecule has 3 nitrogen and oxygen atoms in total. The molecule has 2 rings (SSSR count). The lowest BCUT2D eigenvalue weighted by molar-refractivity contribution is 0.868. The van der Waals surface area contributed by atoms with Crippen LogP contribution < -0.4 is 5.56 Å². The van der Waals surface area contributed by atoms with E-state index in [9.17, 15) is 4.79 Å². The van der Waals surface area contributed by atoms with Crippen LogP contribution in [-0.4, -0.2) is 10.2 Å². The van der Waals surface area contributed by atoms with Crippen molar-refractivity contribution in [3.63, 3.8) is 0 Å². The summed E-state index contributed by atoms with van der Waals surface area (Å²) in [5, 5.41) is 6.13. The first-order chi connectivity index (χ1) is 6.18. The smallest absolute Gasteiger partial charge is 0.271 e. The summed E-state index contributed by atoms with van der Waals surface area (Å²) < 4.78 is 0. The molecule has 1 heterocycles. The van der Waals surface area contributed by atoms with E-state index in [2.05, 4.69) is 24.0 Å². The van der Waals surface area contributed by atoms with Gasteiger partial charge in [-0.05, 0) is 23.6 Å². The number of hydrogen-bond donors (Lipinski definition) is 2. The summed E-state index contributed by atoms with van der Waals surface area (Å²) >= 11 is 0. The van der Waals surface area contributed by atoms with E-state index >= 15 is 0 Å². The third-order valence-corrected chi connectivity index (χ3v) is 2.27. The second-order valence-electron chi connectivity index (χ2n) is 3.54. The summed E-state index contributed by atoms with van der Waals surface area (Å²) in [5.74, 6) is 0.489. The number of H-pyrrole nitrogens is 2. The summed E-state index contributed by atoms with van der Waals surface area (Å²) in [5.41, 5.74) is 2.07.